The summed E-state index contributed by atoms with van der Waals surface area (Å²) in [5.41, 5.74) is 0.942. The molecule has 1 aliphatic rings. The van der Waals surface area contributed by atoms with E-state index in [1.807, 2.05) is 18.4 Å². The lowest BCUT2D eigenvalue weighted by molar-refractivity contribution is -0.142. The Morgan fingerprint density at radius 2 is 2.24 bits per heavy atom. The van der Waals surface area contributed by atoms with Crippen LogP contribution in [0.15, 0.2) is 11.4 Å². The van der Waals surface area contributed by atoms with Crippen LogP contribution in [0.3, 0.4) is 0 Å². The summed E-state index contributed by atoms with van der Waals surface area (Å²) in [7, 11) is 0. The number of carbonyl (C=O) groups is 2. The first-order valence-electron chi connectivity index (χ1n) is 5.67. The minimum atomic E-state index is -0.810. The molecule has 2 N–H and O–H groups in total. The van der Waals surface area contributed by atoms with Gasteiger partial charge in [-0.2, -0.15) is 0 Å². The molecule has 0 aliphatic heterocycles. The summed E-state index contributed by atoms with van der Waals surface area (Å²) in [6, 6.07) is 1.67. The van der Waals surface area contributed by atoms with Gasteiger partial charge in [-0.05, 0) is 36.8 Å². The van der Waals surface area contributed by atoms with E-state index in [1.165, 1.54) is 11.3 Å². The van der Waals surface area contributed by atoms with Crippen LogP contribution in [0.5, 0.6) is 0 Å². The third kappa shape index (κ3) is 2.49. The Hall–Kier alpha value is -1.36. The molecule has 17 heavy (non-hydrogen) atoms. The summed E-state index contributed by atoms with van der Waals surface area (Å²) in [6.07, 6.45) is 2.28. The van der Waals surface area contributed by atoms with Gasteiger partial charge in [-0.3, -0.25) is 9.59 Å². The molecule has 0 bridgehead atoms. The quantitative estimate of drug-likeness (QED) is 0.866. The molecular formula is C12H15NO3S. The maximum atomic E-state index is 12.0. The van der Waals surface area contributed by atoms with Gasteiger partial charge in [-0.15, -0.1) is 11.3 Å². The van der Waals surface area contributed by atoms with E-state index in [4.69, 9.17) is 5.11 Å². The van der Waals surface area contributed by atoms with Crippen LogP contribution >= 0.6 is 11.3 Å². The van der Waals surface area contributed by atoms with Gasteiger partial charge in [0.25, 0.3) is 5.91 Å². The van der Waals surface area contributed by atoms with Gasteiger partial charge in [-0.1, -0.05) is 6.42 Å². The Kier molecular flexibility index (Phi) is 3.47. The highest BCUT2D eigenvalue weighted by Gasteiger charge is 2.34. The molecule has 0 saturated heterocycles. The number of hydrogen-bond acceptors (Lipinski definition) is 3. The smallest absolute Gasteiger partial charge is 0.308 e. The molecule has 1 aromatic rings. The van der Waals surface area contributed by atoms with E-state index in [9.17, 15) is 9.59 Å². The van der Waals surface area contributed by atoms with Gasteiger partial charge in [-0.25, -0.2) is 0 Å². The number of rotatable bonds is 3. The summed E-state index contributed by atoms with van der Waals surface area (Å²) in [4.78, 5) is 23.6. The first kappa shape index (κ1) is 12.1. The van der Waals surface area contributed by atoms with E-state index in [1.54, 1.807) is 0 Å². The highest BCUT2D eigenvalue weighted by atomic mass is 32.1. The molecule has 2 atom stereocenters. The maximum absolute atomic E-state index is 12.0. The molecule has 4 nitrogen and oxygen atoms in total. The van der Waals surface area contributed by atoms with Crippen molar-refractivity contribution in [1.29, 1.82) is 0 Å². The second-order valence-electron chi connectivity index (χ2n) is 4.39. The molecule has 5 heteroatoms. The van der Waals surface area contributed by atoms with Crippen molar-refractivity contribution in [3.63, 3.8) is 0 Å². The molecule has 0 aromatic carbocycles. The Morgan fingerprint density at radius 3 is 2.82 bits per heavy atom. The molecule has 1 aliphatic carbocycles. The van der Waals surface area contributed by atoms with Gasteiger partial charge in [0, 0.05) is 6.04 Å². The largest absolute Gasteiger partial charge is 0.481 e. The Labute approximate surface area is 104 Å². The predicted octanol–water partition coefficient (Wildman–Crippen LogP) is 2.04. The topological polar surface area (TPSA) is 66.4 Å². The van der Waals surface area contributed by atoms with Crippen LogP contribution in [0, 0.1) is 12.8 Å². The van der Waals surface area contributed by atoms with Crippen LogP contribution in [0.2, 0.25) is 0 Å². The number of aryl methyl sites for hydroxylation is 1. The zero-order valence-corrected chi connectivity index (χ0v) is 10.4. The second-order valence-corrected chi connectivity index (χ2v) is 5.30. The number of carboxylic acid groups (broad SMARTS) is 1. The van der Waals surface area contributed by atoms with Gasteiger partial charge in [0.2, 0.25) is 0 Å². The molecule has 0 spiro atoms. The average molecular weight is 253 g/mol. The summed E-state index contributed by atoms with van der Waals surface area (Å²) >= 11 is 1.39. The Morgan fingerprint density at radius 1 is 1.47 bits per heavy atom. The second kappa shape index (κ2) is 4.87. The SMILES string of the molecule is Cc1ccsc1C(=O)N[C@@H]1CCC[C@@H]1C(=O)O. The zero-order valence-electron chi connectivity index (χ0n) is 9.60. The summed E-state index contributed by atoms with van der Waals surface area (Å²) < 4.78 is 0. The number of carbonyl (C=O) groups excluding carboxylic acids is 1. The Bertz CT molecular complexity index is 441. The molecule has 1 heterocycles. The van der Waals surface area contributed by atoms with Crippen LogP contribution in [0.25, 0.3) is 0 Å². The van der Waals surface area contributed by atoms with Gasteiger partial charge in [0.1, 0.15) is 0 Å². The first-order chi connectivity index (χ1) is 8.09. The summed E-state index contributed by atoms with van der Waals surface area (Å²) in [6.45, 7) is 1.88. The molecule has 0 radical (unpaired) electrons. The number of thiophene rings is 1. The van der Waals surface area contributed by atoms with Crippen molar-refractivity contribution < 1.29 is 14.7 Å². The van der Waals surface area contributed by atoms with Crippen molar-refractivity contribution in [1.82, 2.24) is 5.32 Å². The number of carboxylic acids is 1. The van der Waals surface area contributed by atoms with E-state index in [-0.39, 0.29) is 11.9 Å². The summed E-state index contributed by atoms with van der Waals surface area (Å²) in [5, 5.41) is 13.7. The van der Waals surface area contributed by atoms with Crippen molar-refractivity contribution in [3.05, 3.63) is 21.9 Å². The molecule has 1 amide bonds. The monoisotopic (exact) mass is 253 g/mol. The van der Waals surface area contributed by atoms with Crippen LogP contribution < -0.4 is 5.32 Å². The molecule has 0 unspecified atom stereocenters. The molecular weight excluding hydrogens is 238 g/mol. The molecule has 1 fully saturated rings. The van der Waals surface area contributed by atoms with Gasteiger partial charge < -0.3 is 10.4 Å². The van der Waals surface area contributed by atoms with Crippen molar-refractivity contribution >= 4 is 23.2 Å². The van der Waals surface area contributed by atoms with E-state index in [2.05, 4.69) is 5.32 Å². The molecule has 1 saturated carbocycles. The third-order valence-electron chi connectivity index (χ3n) is 3.22. The lowest BCUT2D eigenvalue weighted by Crippen LogP contribution is -2.40. The van der Waals surface area contributed by atoms with Gasteiger partial charge in [0.05, 0.1) is 10.8 Å². The molecule has 1 aromatic heterocycles. The van der Waals surface area contributed by atoms with E-state index in [0.717, 1.165) is 18.4 Å². The van der Waals surface area contributed by atoms with Crippen molar-refractivity contribution in [2.45, 2.75) is 32.2 Å². The number of amides is 1. The zero-order chi connectivity index (χ0) is 12.4. The minimum Gasteiger partial charge on any atom is -0.481 e. The molecule has 92 valence electrons. The lowest BCUT2D eigenvalue weighted by Gasteiger charge is -2.17. The van der Waals surface area contributed by atoms with Crippen LogP contribution in [-0.4, -0.2) is 23.0 Å². The lowest BCUT2D eigenvalue weighted by atomic mass is 10.0. The van der Waals surface area contributed by atoms with Crippen molar-refractivity contribution in [2.24, 2.45) is 5.92 Å². The maximum Gasteiger partial charge on any atom is 0.308 e. The number of hydrogen-bond donors (Lipinski definition) is 2. The minimum absolute atomic E-state index is 0.143. The van der Waals surface area contributed by atoms with E-state index >= 15 is 0 Å². The first-order valence-corrected chi connectivity index (χ1v) is 6.55. The number of nitrogens with one attached hydrogen (secondary N) is 1. The summed E-state index contributed by atoms with van der Waals surface area (Å²) in [5.74, 6) is -1.38. The predicted molar refractivity (Wildman–Crippen MR) is 65.3 cm³/mol. The van der Waals surface area contributed by atoms with Gasteiger partial charge in [0.15, 0.2) is 0 Å². The van der Waals surface area contributed by atoms with Crippen LogP contribution in [-0.2, 0) is 4.79 Å². The number of aliphatic carboxylic acids is 1. The normalized spacial score (nSPS) is 23.6. The fourth-order valence-electron chi connectivity index (χ4n) is 2.27. The van der Waals surface area contributed by atoms with Crippen LogP contribution in [0.1, 0.15) is 34.5 Å². The van der Waals surface area contributed by atoms with Crippen LogP contribution in [0.4, 0.5) is 0 Å². The third-order valence-corrected chi connectivity index (χ3v) is 4.23. The highest BCUT2D eigenvalue weighted by molar-refractivity contribution is 7.12. The average Bonchev–Trinajstić information content (AvgIpc) is 2.86. The fraction of sp³-hybridized carbons (Fsp3) is 0.500. The van der Waals surface area contributed by atoms with Gasteiger partial charge >= 0.3 is 5.97 Å². The Balaban J connectivity index is 2.04. The fourth-order valence-corrected chi connectivity index (χ4v) is 3.10. The molecule has 2 rings (SSSR count). The van der Waals surface area contributed by atoms with Crippen molar-refractivity contribution in [3.8, 4) is 0 Å². The highest BCUT2D eigenvalue weighted by Crippen LogP contribution is 2.26. The van der Waals surface area contributed by atoms with Crippen molar-refractivity contribution in [2.75, 3.05) is 0 Å². The van der Waals surface area contributed by atoms with E-state index in [0.29, 0.717) is 11.3 Å². The standard InChI is InChI=1S/C12H15NO3S/c1-7-5-6-17-10(7)11(14)13-9-4-2-3-8(9)12(15)16/h5-6,8-9H,2-4H2,1H3,(H,13,14)(H,15,16)/t8-,9+/m0/s1. The van der Waals surface area contributed by atoms with E-state index < -0.39 is 11.9 Å².